The van der Waals surface area contributed by atoms with Gasteiger partial charge in [0, 0.05) is 17.2 Å². The molecule has 0 unspecified atom stereocenters. The molecule has 2 rings (SSSR count). The molecule has 1 aliphatic rings. The van der Waals surface area contributed by atoms with E-state index in [-0.39, 0.29) is 5.69 Å². The largest absolute Gasteiger partial charge is 0.411 e. The lowest BCUT2D eigenvalue weighted by Crippen LogP contribution is -1.96. The fourth-order valence-electron chi connectivity index (χ4n) is 1.76. The van der Waals surface area contributed by atoms with E-state index in [1.165, 1.54) is 6.07 Å². The number of hydrogen-bond donors (Lipinski definition) is 1. The monoisotopic (exact) mass is 192 g/mol. The summed E-state index contributed by atoms with van der Waals surface area (Å²) in [5.41, 5.74) is 2.01. The minimum atomic E-state index is -0.404. The Kier molecular flexibility index (Phi) is 1.92. The Bertz CT molecular complexity index is 426. The fraction of sp³-hybridized carbons (Fsp3) is 0.222. The minimum absolute atomic E-state index is 0.112. The predicted octanol–water partition coefficient (Wildman–Crippen LogP) is 1.72. The van der Waals surface area contributed by atoms with Crippen molar-refractivity contribution < 1.29 is 10.1 Å². The van der Waals surface area contributed by atoms with E-state index in [4.69, 9.17) is 5.21 Å². The summed E-state index contributed by atoms with van der Waals surface area (Å²) in [6.07, 6.45) is 1.14. The second-order valence-corrected chi connectivity index (χ2v) is 3.11. The topological polar surface area (TPSA) is 75.7 Å². The van der Waals surface area contributed by atoms with Gasteiger partial charge in [0.2, 0.25) is 0 Å². The van der Waals surface area contributed by atoms with Crippen LogP contribution in [0.5, 0.6) is 0 Å². The first kappa shape index (κ1) is 8.68. The molecular formula is C9H8N2O3. The summed E-state index contributed by atoms with van der Waals surface area (Å²) in [6, 6.07) is 4.82. The Morgan fingerprint density at radius 2 is 2.21 bits per heavy atom. The van der Waals surface area contributed by atoms with Gasteiger partial charge < -0.3 is 5.21 Å². The molecule has 0 saturated carbocycles. The van der Waals surface area contributed by atoms with Crippen LogP contribution in [0.1, 0.15) is 17.5 Å². The molecule has 1 aromatic carbocycles. The van der Waals surface area contributed by atoms with Gasteiger partial charge in [-0.3, -0.25) is 10.1 Å². The highest BCUT2D eigenvalue weighted by Gasteiger charge is 2.25. The zero-order valence-corrected chi connectivity index (χ0v) is 7.30. The maximum absolute atomic E-state index is 10.7. The third kappa shape index (κ3) is 1.14. The number of oxime groups is 1. The molecule has 1 aromatic rings. The number of benzene rings is 1. The van der Waals surface area contributed by atoms with Crippen LogP contribution >= 0.6 is 0 Å². The molecule has 0 heterocycles. The van der Waals surface area contributed by atoms with Crippen LogP contribution in [0.4, 0.5) is 5.69 Å². The highest BCUT2D eigenvalue weighted by molar-refractivity contribution is 6.05. The molecule has 1 N–H and O–H groups in total. The van der Waals surface area contributed by atoms with Crippen LogP contribution in [0.2, 0.25) is 0 Å². The molecule has 0 fully saturated rings. The Hall–Kier alpha value is -1.91. The van der Waals surface area contributed by atoms with Crippen molar-refractivity contribution in [1.82, 2.24) is 0 Å². The van der Waals surface area contributed by atoms with E-state index in [1.807, 2.05) is 0 Å². The average molecular weight is 192 g/mol. The molecular weight excluding hydrogens is 184 g/mol. The van der Waals surface area contributed by atoms with Crippen LogP contribution in [0.3, 0.4) is 0 Å². The molecule has 0 amide bonds. The lowest BCUT2D eigenvalue weighted by molar-refractivity contribution is -0.385. The molecule has 1 aliphatic carbocycles. The summed E-state index contributed by atoms with van der Waals surface area (Å²) in [6.45, 7) is 0. The van der Waals surface area contributed by atoms with Gasteiger partial charge in [-0.2, -0.15) is 0 Å². The third-order valence-corrected chi connectivity index (χ3v) is 2.39. The summed E-state index contributed by atoms with van der Waals surface area (Å²) in [7, 11) is 0. The second kappa shape index (κ2) is 3.10. The van der Waals surface area contributed by atoms with Gasteiger partial charge in [0.1, 0.15) is 0 Å². The Labute approximate surface area is 79.8 Å². The van der Waals surface area contributed by atoms with Gasteiger partial charge in [0.15, 0.2) is 0 Å². The number of nitro benzene ring substituents is 1. The van der Waals surface area contributed by atoms with Crippen LogP contribution < -0.4 is 0 Å². The van der Waals surface area contributed by atoms with Crippen molar-refractivity contribution in [2.45, 2.75) is 12.8 Å². The molecule has 5 nitrogen and oxygen atoms in total. The van der Waals surface area contributed by atoms with Gasteiger partial charge in [0.05, 0.1) is 10.6 Å². The van der Waals surface area contributed by atoms with Crippen LogP contribution in [-0.2, 0) is 6.42 Å². The summed E-state index contributed by atoms with van der Waals surface area (Å²) < 4.78 is 0. The molecule has 0 bridgehead atoms. The van der Waals surface area contributed by atoms with Crippen molar-refractivity contribution in [2.75, 3.05) is 0 Å². The quantitative estimate of drug-likeness (QED) is 0.418. The number of fused-ring (bicyclic) bond motifs is 1. The first-order valence-corrected chi connectivity index (χ1v) is 4.21. The van der Waals surface area contributed by atoms with Crippen LogP contribution in [0, 0.1) is 10.1 Å². The van der Waals surface area contributed by atoms with Gasteiger partial charge in [-0.15, -0.1) is 0 Å². The molecule has 0 atom stereocenters. The maximum atomic E-state index is 10.7. The lowest BCUT2D eigenvalue weighted by atomic mass is 10.1. The Morgan fingerprint density at radius 3 is 2.86 bits per heavy atom. The first-order chi connectivity index (χ1) is 6.74. The van der Waals surface area contributed by atoms with Gasteiger partial charge in [-0.25, -0.2) is 0 Å². The molecule has 0 aromatic heterocycles. The minimum Gasteiger partial charge on any atom is -0.411 e. The van der Waals surface area contributed by atoms with Crippen molar-refractivity contribution in [3.05, 3.63) is 39.4 Å². The zero-order chi connectivity index (χ0) is 10.1. The lowest BCUT2D eigenvalue weighted by Gasteiger charge is -1.98. The van der Waals surface area contributed by atoms with Gasteiger partial charge in [0.25, 0.3) is 5.69 Å². The summed E-state index contributed by atoms with van der Waals surface area (Å²) in [5.74, 6) is 0. The molecule has 0 spiro atoms. The van der Waals surface area contributed by atoms with E-state index in [1.54, 1.807) is 12.1 Å². The van der Waals surface area contributed by atoms with Gasteiger partial charge in [-0.1, -0.05) is 17.3 Å². The molecule has 72 valence electrons. The first-order valence-electron chi connectivity index (χ1n) is 4.21. The molecule has 14 heavy (non-hydrogen) atoms. The van der Waals surface area contributed by atoms with Crippen LogP contribution in [0.25, 0.3) is 0 Å². The van der Waals surface area contributed by atoms with E-state index in [9.17, 15) is 10.1 Å². The fourth-order valence-corrected chi connectivity index (χ4v) is 1.76. The van der Waals surface area contributed by atoms with Crippen molar-refractivity contribution in [3.63, 3.8) is 0 Å². The zero-order valence-electron chi connectivity index (χ0n) is 7.30. The van der Waals surface area contributed by atoms with Crippen molar-refractivity contribution in [3.8, 4) is 0 Å². The van der Waals surface area contributed by atoms with Gasteiger partial charge in [-0.05, 0) is 12.8 Å². The standard InChI is InChI=1S/C9H8N2O3/c12-10-8-5-4-7-6(8)2-1-3-9(7)11(13)14/h1-3,12H,4-5H2. The third-order valence-electron chi connectivity index (χ3n) is 2.39. The number of nitro groups is 1. The summed E-state index contributed by atoms with van der Waals surface area (Å²) in [5, 5.41) is 22.4. The molecule has 0 aliphatic heterocycles. The van der Waals surface area contributed by atoms with Crippen LogP contribution in [0.15, 0.2) is 23.4 Å². The van der Waals surface area contributed by atoms with Crippen molar-refractivity contribution in [1.29, 1.82) is 0 Å². The number of nitrogens with zero attached hydrogens (tertiary/aromatic N) is 2. The van der Waals surface area contributed by atoms with Crippen molar-refractivity contribution in [2.24, 2.45) is 5.16 Å². The van der Waals surface area contributed by atoms with E-state index in [0.29, 0.717) is 29.7 Å². The highest BCUT2D eigenvalue weighted by Crippen LogP contribution is 2.30. The Morgan fingerprint density at radius 1 is 1.43 bits per heavy atom. The smallest absolute Gasteiger partial charge is 0.273 e. The highest BCUT2D eigenvalue weighted by atomic mass is 16.6. The Balaban J connectivity index is 2.61. The maximum Gasteiger partial charge on any atom is 0.273 e. The molecule has 0 radical (unpaired) electrons. The average Bonchev–Trinajstić information content (AvgIpc) is 2.59. The summed E-state index contributed by atoms with van der Waals surface area (Å²) in [4.78, 5) is 10.3. The van der Waals surface area contributed by atoms with E-state index >= 15 is 0 Å². The van der Waals surface area contributed by atoms with E-state index in [0.717, 1.165) is 0 Å². The SMILES string of the molecule is O=[N+]([O-])c1cccc2c1CCC2=NO. The van der Waals surface area contributed by atoms with Crippen molar-refractivity contribution >= 4 is 11.4 Å². The number of hydrogen-bond acceptors (Lipinski definition) is 4. The molecule has 5 heteroatoms. The van der Waals surface area contributed by atoms with Gasteiger partial charge >= 0.3 is 0 Å². The summed E-state index contributed by atoms with van der Waals surface area (Å²) >= 11 is 0. The van der Waals surface area contributed by atoms with E-state index in [2.05, 4.69) is 5.16 Å². The predicted molar refractivity (Wildman–Crippen MR) is 49.7 cm³/mol. The van der Waals surface area contributed by atoms with E-state index < -0.39 is 4.92 Å². The van der Waals surface area contributed by atoms with Crippen LogP contribution in [-0.4, -0.2) is 15.8 Å². The second-order valence-electron chi connectivity index (χ2n) is 3.11. The number of rotatable bonds is 1. The normalized spacial score (nSPS) is 17.0. The molecule has 0 saturated heterocycles.